The molecule has 12 heavy (non-hydrogen) atoms. The number of halogens is 1. The minimum atomic E-state index is -0.845. The third-order valence-electron chi connectivity index (χ3n) is 1.40. The van der Waals surface area contributed by atoms with Gasteiger partial charge in [0, 0.05) is 12.3 Å². The second-order valence-electron chi connectivity index (χ2n) is 3.13. The maximum atomic E-state index is 12.2. The van der Waals surface area contributed by atoms with Crippen LogP contribution in [0.5, 0.6) is 0 Å². The number of rotatable bonds is 5. The molecule has 2 N–H and O–H groups in total. The zero-order chi connectivity index (χ0) is 9.56. The molecule has 0 saturated carbocycles. The first-order valence-corrected chi connectivity index (χ1v) is 4.16. The van der Waals surface area contributed by atoms with Crippen molar-refractivity contribution < 1.29 is 4.39 Å². The Morgan fingerprint density at radius 3 is 2.50 bits per heavy atom. The van der Waals surface area contributed by atoms with Crippen molar-refractivity contribution in [1.82, 2.24) is 5.32 Å². The summed E-state index contributed by atoms with van der Waals surface area (Å²) in [6, 6.07) is 0. The first-order valence-electron chi connectivity index (χ1n) is 4.16. The van der Waals surface area contributed by atoms with E-state index in [1.807, 2.05) is 13.8 Å². The molecule has 0 rings (SSSR count). The lowest BCUT2D eigenvalue weighted by Crippen LogP contribution is -2.16. The monoisotopic (exact) mass is 172 g/mol. The maximum Gasteiger partial charge on any atom is 0.114 e. The normalized spacial score (nSPS) is 13.8. The van der Waals surface area contributed by atoms with Crippen LogP contribution < -0.4 is 5.32 Å². The van der Waals surface area contributed by atoms with Crippen molar-refractivity contribution >= 4 is 5.71 Å². The molecule has 0 bridgehead atoms. The molecule has 0 aromatic heterocycles. The highest BCUT2D eigenvalue weighted by atomic mass is 19.1. The summed E-state index contributed by atoms with van der Waals surface area (Å²) in [5, 5.41) is 10.2. The molecule has 3 heteroatoms. The van der Waals surface area contributed by atoms with Gasteiger partial charge in [-0.15, -0.1) is 0 Å². The standard InChI is InChI=1S/C9H17FN2/c1-7(2)9(11)4-5-12-6-8(3)10/h4-5,7-8,11-12H,6H2,1-3H3/b5-4-,11-9?. The zero-order valence-electron chi connectivity index (χ0n) is 7.89. The molecule has 0 heterocycles. The van der Waals surface area contributed by atoms with Gasteiger partial charge < -0.3 is 10.7 Å². The van der Waals surface area contributed by atoms with Gasteiger partial charge in [-0.25, -0.2) is 4.39 Å². The van der Waals surface area contributed by atoms with E-state index in [0.29, 0.717) is 12.3 Å². The molecule has 0 aliphatic carbocycles. The van der Waals surface area contributed by atoms with E-state index in [4.69, 9.17) is 5.41 Å². The van der Waals surface area contributed by atoms with E-state index in [9.17, 15) is 4.39 Å². The quantitative estimate of drug-likeness (QED) is 0.612. The molecule has 0 aliphatic rings. The van der Waals surface area contributed by atoms with Gasteiger partial charge in [0.05, 0.1) is 0 Å². The first-order chi connectivity index (χ1) is 5.54. The van der Waals surface area contributed by atoms with Crippen LogP contribution in [0.2, 0.25) is 0 Å². The second-order valence-corrected chi connectivity index (χ2v) is 3.13. The van der Waals surface area contributed by atoms with Gasteiger partial charge in [-0.2, -0.15) is 0 Å². The van der Waals surface area contributed by atoms with Crippen LogP contribution in [0.15, 0.2) is 12.3 Å². The Kier molecular flexibility index (Phi) is 5.34. The third-order valence-corrected chi connectivity index (χ3v) is 1.40. The maximum absolute atomic E-state index is 12.2. The Morgan fingerprint density at radius 2 is 2.08 bits per heavy atom. The molecule has 0 aromatic rings. The summed E-state index contributed by atoms with van der Waals surface area (Å²) in [6.45, 7) is 5.70. The lowest BCUT2D eigenvalue weighted by molar-refractivity contribution is 0.357. The van der Waals surface area contributed by atoms with Crippen LogP contribution in [0.3, 0.4) is 0 Å². The molecule has 0 saturated heterocycles. The highest BCUT2D eigenvalue weighted by Crippen LogP contribution is 1.94. The smallest absolute Gasteiger partial charge is 0.114 e. The summed E-state index contributed by atoms with van der Waals surface area (Å²) in [4.78, 5) is 0. The van der Waals surface area contributed by atoms with Gasteiger partial charge in [0.2, 0.25) is 0 Å². The first kappa shape index (κ1) is 11.1. The van der Waals surface area contributed by atoms with Gasteiger partial charge in [-0.1, -0.05) is 13.8 Å². The Balaban J connectivity index is 3.55. The highest BCUT2D eigenvalue weighted by Gasteiger charge is 1.96. The fourth-order valence-electron chi connectivity index (χ4n) is 0.572. The molecule has 0 aliphatic heterocycles. The van der Waals surface area contributed by atoms with Crippen molar-refractivity contribution in [1.29, 1.82) is 5.41 Å². The lowest BCUT2D eigenvalue weighted by Gasteiger charge is -2.02. The molecule has 0 radical (unpaired) electrons. The van der Waals surface area contributed by atoms with Crippen LogP contribution in [0.25, 0.3) is 0 Å². The summed E-state index contributed by atoms with van der Waals surface area (Å²) in [5.74, 6) is 0.228. The Hall–Kier alpha value is -0.860. The fourth-order valence-corrected chi connectivity index (χ4v) is 0.572. The van der Waals surface area contributed by atoms with Gasteiger partial charge >= 0.3 is 0 Å². The van der Waals surface area contributed by atoms with E-state index in [-0.39, 0.29) is 5.92 Å². The molecule has 0 amide bonds. The number of nitrogens with one attached hydrogen (secondary N) is 2. The van der Waals surface area contributed by atoms with E-state index in [0.717, 1.165) is 0 Å². The molecular weight excluding hydrogens is 155 g/mol. The van der Waals surface area contributed by atoms with Crippen LogP contribution in [0.1, 0.15) is 20.8 Å². The van der Waals surface area contributed by atoms with Crippen molar-refractivity contribution in [2.45, 2.75) is 26.9 Å². The minimum Gasteiger partial charge on any atom is -0.388 e. The number of allylic oxidation sites excluding steroid dienone is 1. The van der Waals surface area contributed by atoms with Gasteiger partial charge in [-0.05, 0) is 25.1 Å². The zero-order valence-corrected chi connectivity index (χ0v) is 7.89. The van der Waals surface area contributed by atoms with Crippen molar-refractivity contribution in [3.8, 4) is 0 Å². The third kappa shape index (κ3) is 5.89. The van der Waals surface area contributed by atoms with Crippen molar-refractivity contribution in [3.63, 3.8) is 0 Å². The summed E-state index contributed by atoms with van der Waals surface area (Å²) in [6.07, 6.45) is 2.44. The van der Waals surface area contributed by atoms with E-state index >= 15 is 0 Å². The Labute approximate surface area is 73.4 Å². The predicted molar refractivity (Wildman–Crippen MR) is 50.3 cm³/mol. The largest absolute Gasteiger partial charge is 0.388 e. The summed E-state index contributed by atoms with van der Waals surface area (Å²) < 4.78 is 12.2. The molecule has 1 atom stereocenters. The van der Waals surface area contributed by atoms with E-state index < -0.39 is 6.17 Å². The van der Waals surface area contributed by atoms with Gasteiger partial charge in [-0.3, -0.25) is 0 Å². The lowest BCUT2D eigenvalue weighted by atomic mass is 10.1. The van der Waals surface area contributed by atoms with E-state index in [1.54, 1.807) is 12.3 Å². The Morgan fingerprint density at radius 1 is 1.50 bits per heavy atom. The van der Waals surface area contributed by atoms with Crippen molar-refractivity contribution in [2.24, 2.45) is 5.92 Å². The number of hydrogen-bond donors (Lipinski definition) is 2. The van der Waals surface area contributed by atoms with Crippen LogP contribution in [0.4, 0.5) is 4.39 Å². The molecule has 0 aromatic carbocycles. The summed E-state index contributed by atoms with van der Waals surface area (Å²) in [5.41, 5.74) is 0.550. The predicted octanol–water partition coefficient (Wildman–Crippen LogP) is 2.12. The number of alkyl halides is 1. The molecule has 2 nitrogen and oxygen atoms in total. The van der Waals surface area contributed by atoms with E-state index in [1.165, 1.54) is 6.92 Å². The van der Waals surface area contributed by atoms with Crippen LogP contribution in [-0.4, -0.2) is 18.4 Å². The molecule has 0 spiro atoms. The van der Waals surface area contributed by atoms with Crippen molar-refractivity contribution in [3.05, 3.63) is 12.3 Å². The second kappa shape index (κ2) is 5.75. The minimum absolute atomic E-state index is 0.228. The van der Waals surface area contributed by atoms with Crippen LogP contribution in [0, 0.1) is 11.3 Å². The SMILES string of the molecule is CC(F)CN/C=C\C(=N)C(C)C. The summed E-state index contributed by atoms with van der Waals surface area (Å²) >= 11 is 0. The highest BCUT2D eigenvalue weighted by molar-refractivity contribution is 5.93. The molecule has 1 unspecified atom stereocenters. The van der Waals surface area contributed by atoms with Crippen LogP contribution in [-0.2, 0) is 0 Å². The van der Waals surface area contributed by atoms with E-state index in [2.05, 4.69) is 5.32 Å². The van der Waals surface area contributed by atoms with Gasteiger partial charge in [0.15, 0.2) is 0 Å². The average molecular weight is 172 g/mol. The number of hydrogen-bond acceptors (Lipinski definition) is 2. The summed E-state index contributed by atoms with van der Waals surface area (Å²) in [7, 11) is 0. The topological polar surface area (TPSA) is 35.9 Å². The van der Waals surface area contributed by atoms with Gasteiger partial charge in [0.1, 0.15) is 6.17 Å². The average Bonchev–Trinajstić information content (AvgIpc) is 1.97. The van der Waals surface area contributed by atoms with Crippen LogP contribution >= 0.6 is 0 Å². The fraction of sp³-hybridized carbons (Fsp3) is 0.667. The molecule has 0 fully saturated rings. The molecular formula is C9H17FN2. The van der Waals surface area contributed by atoms with Crippen molar-refractivity contribution in [2.75, 3.05) is 6.54 Å². The van der Waals surface area contributed by atoms with Gasteiger partial charge in [0.25, 0.3) is 0 Å². The Bertz CT molecular complexity index is 162. The molecule has 70 valence electrons.